The molecule has 0 atom stereocenters. The zero-order chi connectivity index (χ0) is 12.8. The zero-order valence-corrected chi connectivity index (χ0v) is 12.6. The summed E-state index contributed by atoms with van der Waals surface area (Å²) in [5.74, 6) is 0.748. The molecule has 2 nitrogen and oxygen atoms in total. The molecule has 1 heterocycles. The van der Waals surface area contributed by atoms with E-state index in [2.05, 4.69) is 19.2 Å². The van der Waals surface area contributed by atoms with Crippen molar-refractivity contribution in [2.45, 2.75) is 71.3 Å². The third-order valence-electron chi connectivity index (χ3n) is 3.87. The number of rotatable bonds is 5. The van der Waals surface area contributed by atoms with E-state index in [0.717, 1.165) is 25.4 Å². The highest BCUT2D eigenvalue weighted by Crippen LogP contribution is 2.35. The first-order valence-electron chi connectivity index (χ1n) is 7.54. The Morgan fingerprint density at radius 3 is 2.50 bits per heavy atom. The van der Waals surface area contributed by atoms with E-state index in [0.29, 0.717) is 0 Å². The third-order valence-corrected chi connectivity index (χ3v) is 5.13. The first kappa shape index (κ1) is 14.0. The topological polar surface area (TPSA) is 24.9 Å². The summed E-state index contributed by atoms with van der Waals surface area (Å²) in [4.78, 5) is 6.40. The molecule has 0 aromatic carbocycles. The van der Waals surface area contributed by atoms with Crippen molar-refractivity contribution >= 4 is 11.3 Å². The van der Waals surface area contributed by atoms with Gasteiger partial charge in [-0.2, -0.15) is 0 Å². The molecule has 1 aromatic rings. The Balaban J connectivity index is 2.09. The van der Waals surface area contributed by atoms with Crippen molar-refractivity contribution < 1.29 is 0 Å². The van der Waals surface area contributed by atoms with E-state index in [4.69, 9.17) is 4.98 Å². The highest BCUT2D eigenvalue weighted by atomic mass is 32.1. The fraction of sp³-hybridized carbons (Fsp3) is 0.800. The summed E-state index contributed by atoms with van der Waals surface area (Å²) < 4.78 is 0. The second-order valence-electron chi connectivity index (χ2n) is 5.24. The van der Waals surface area contributed by atoms with Gasteiger partial charge < -0.3 is 5.32 Å². The van der Waals surface area contributed by atoms with Gasteiger partial charge in [-0.15, -0.1) is 11.3 Å². The maximum Gasteiger partial charge on any atom is 0.0962 e. The van der Waals surface area contributed by atoms with Crippen molar-refractivity contribution in [3.63, 3.8) is 0 Å². The van der Waals surface area contributed by atoms with Crippen LogP contribution >= 0.6 is 11.3 Å². The van der Waals surface area contributed by atoms with Crippen LogP contribution in [0.5, 0.6) is 0 Å². The lowest BCUT2D eigenvalue weighted by molar-refractivity contribution is 0.587. The van der Waals surface area contributed by atoms with E-state index in [1.54, 1.807) is 0 Å². The van der Waals surface area contributed by atoms with E-state index in [1.807, 2.05) is 11.3 Å². The first-order valence-corrected chi connectivity index (χ1v) is 8.36. The summed E-state index contributed by atoms with van der Waals surface area (Å²) >= 11 is 1.97. The van der Waals surface area contributed by atoms with Gasteiger partial charge in [0.1, 0.15) is 0 Å². The molecule has 1 aliphatic carbocycles. The van der Waals surface area contributed by atoms with Crippen molar-refractivity contribution in [1.82, 2.24) is 10.3 Å². The molecule has 3 heteroatoms. The molecule has 1 aliphatic rings. The molecule has 0 amide bonds. The van der Waals surface area contributed by atoms with Gasteiger partial charge in [0.25, 0.3) is 0 Å². The number of hydrogen-bond acceptors (Lipinski definition) is 3. The number of nitrogens with zero attached hydrogens (tertiary/aromatic N) is 1. The van der Waals surface area contributed by atoms with Crippen LogP contribution in [0.25, 0.3) is 0 Å². The fourth-order valence-electron chi connectivity index (χ4n) is 2.76. The van der Waals surface area contributed by atoms with Crippen LogP contribution in [0, 0.1) is 0 Å². The summed E-state index contributed by atoms with van der Waals surface area (Å²) in [7, 11) is 0. The van der Waals surface area contributed by atoms with Gasteiger partial charge in [0.05, 0.1) is 10.7 Å². The molecular weight excluding hydrogens is 240 g/mol. The monoisotopic (exact) mass is 266 g/mol. The highest BCUT2D eigenvalue weighted by Gasteiger charge is 2.19. The minimum absolute atomic E-state index is 0.748. The maximum absolute atomic E-state index is 4.93. The molecule has 102 valence electrons. The highest BCUT2D eigenvalue weighted by molar-refractivity contribution is 7.11. The Bertz CT molecular complexity index is 351. The number of aryl methyl sites for hydroxylation is 1. The van der Waals surface area contributed by atoms with Crippen molar-refractivity contribution in [1.29, 1.82) is 0 Å². The average molecular weight is 266 g/mol. The largest absolute Gasteiger partial charge is 0.312 e. The number of aromatic nitrogens is 1. The Labute approximate surface area is 115 Å². The molecule has 2 rings (SSSR count). The van der Waals surface area contributed by atoms with Crippen molar-refractivity contribution in [3.05, 3.63) is 15.6 Å². The van der Waals surface area contributed by atoms with Crippen LogP contribution in [0.4, 0.5) is 0 Å². The Hall–Kier alpha value is -0.410. The van der Waals surface area contributed by atoms with Crippen LogP contribution in [-0.2, 0) is 13.0 Å². The van der Waals surface area contributed by atoms with E-state index < -0.39 is 0 Å². The molecule has 1 aromatic heterocycles. The second kappa shape index (κ2) is 7.25. The molecule has 0 radical (unpaired) electrons. The van der Waals surface area contributed by atoms with Crippen molar-refractivity contribution in [3.8, 4) is 0 Å². The first-order chi connectivity index (χ1) is 8.85. The fourth-order valence-corrected chi connectivity index (χ4v) is 4.05. The smallest absolute Gasteiger partial charge is 0.0962 e. The van der Waals surface area contributed by atoms with Gasteiger partial charge in [-0.25, -0.2) is 4.98 Å². The summed E-state index contributed by atoms with van der Waals surface area (Å²) in [5.41, 5.74) is 1.33. The molecule has 1 N–H and O–H groups in total. The Morgan fingerprint density at radius 2 is 1.89 bits per heavy atom. The Morgan fingerprint density at radius 1 is 1.17 bits per heavy atom. The summed E-state index contributed by atoms with van der Waals surface area (Å²) in [6, 6.07) is 0. The van der Waals surface area contributed by atoms with Gasteiger partial charge in [0.15, 0.2) is 0 Å². The van der Waals surface area contributed by atoms with Gasteiger partial charge in [0, 0.05) is 17.3 Å². The summed E-state index contributed by atoms with van der Waals surface area (Å²) in [6.07, 6.45) is 9.43. The third kappa shape index (κ3) is 3.55. The molecule has 0 spiro atoms. The van der Waals surface area contributed by atoms with E-state index in [9.17, 15) is 0 Å². The maximum atomic E-state index is 4.93. The lowest BCUT2D eigenvalue weighted by Gasteiger charge is -2.09. The molecule has 0 unspecified atom stereocenters. The second-order valence-corrected chi connectivity index (χ2v) is 6.36. The van der Waals surface area contributed by atoms with Crippen LogP contribution in [0.3, 0.4) is 0 Å². The predicted molar refractivity (Wildman–Crippen MR) is 79.3 cm³/mol. The van der Waals surface area contributed by atoms with E-state index in [1.165, 1.54) is 54.1 Å². The lowest BCUT2D eigenvalue weighted by Crippen LogP contribution is -2.11. The molecule has 0 aliphatic heterocycles. The van der Waals surface area contributed by atoms with Gasteiger partial charge in [-0.05, 0) is 25.8 Å². The van der Waals surface area contributed by atoms with E-state index in [-0.39, 0.29) is 0 Å². The molecule has 1 saturated carbocycles. The van der Waals surface area contributed by atoms with Gasteiger partial charge >= 0.3 is 0 Å². The molecule has 0 bridgehead atoms. The molecular formula is C15H26N2S. The van der Waals surface area contributed by atoms with Crippen molar-refractivity contribution in [2.75, 3.05) is 6.54 Å². The normalized spacial score (nSPS) is 17.9. The van der Waals surface area contributed by atoms with Crippen LogP contribution in [0.1, 0.15) is 73.9 Å². The van der Waals surface area contributed by atoms with Gasteiger partial charge in [0.2, 0.25) is 0 Å². The minimum atomic E-state index is 0.748. The lowest BCUT2D eigenvalue weighted by atomic mass is 10.0. The van der Waals surface area contributed by atoms with Gasteiger partial charge in [-0.1, -0.05) is 39.5 Å². The minimum Gasteiger partial charge on any atom is -0.312 e. The molecule has 1 fully saturated rings. The summed E-state index contributed by atoms with van der Waals surface area (Å²) in [6.45, 7) is 6.43. The zero-order valence-electron chi connectivity index (χ0n) is 11.8. The van der Waals surface area contributed by atoms with E-state index >= 15 is 0 Å². The van der Waals surface area contributed by atoms with Gasteiger partial charge in [-0.3, -0.25) is 0 Å². The van der Waals surface area contributed by atoms with Crippen molar-refractivity contribution in [2.24, 2.45) is 0 Å². The standard InChI is InChI=1S/C15H26N2S/c1-3-13-14(11-16-4-2)18-15(17-13)12-9-7-5-6-8-10-12/h12,16H,3-11H2,1-2H3. The van der Waals surface area contributed by atoms with Crippen LogP contribution in [0.2, 0.25) is 0 Å². The number of nitrogens with one attached hydrogen (secondary N) is 1. The molecule has 18 heavy (non-hydrogen) atoms. The number of thiazole rings is 1. The van der Waals surface area contributed by atoms with Crippen LogP contribution in [-0.4, -0.2) is 11.5 Å². The SMILES string of the molecule is CCNCc1sc(C2CCCCCC2)nc1CC. The average Bonchev–Trinajstić information content (AvgIpc) is 2.61. The molecule has 0 saturated heterocycles. The quantitative estimate of drug-likeness (QED) is 0.806. The van der Waals surface area contributed by atoms with Crippen LogP contribution < -0.4 is 5.32 Å². The van der Waals surface area contributed by atoms with Crippen LogP contribution in [0.15, 0.2) is 0 Å². The Kier molecular flexibility index (Phi) is 5.64. The number of hydrogen-bond donors (Lipinski definition) is 1. The summed E-state index contributed by atoms with van der Waals surface area (Å²) in [5, 5.41) is 4.86. The predicted octanol–water partition coefficient (Wildman–Crippen LogP) is 4.25.